The molecule has 0 aliphatic carbocycles. The van der Waals surface area contributed by atoms with Crippen molar-refractivity contribution in [3.63, 3.8) is 0 Å². The Bertz CT molecular complexity index is 537. The second-order valence-electron chi connectivity index (χ2n) is 4.44. The molecule has 18 heavy (non-hydrogen) atoms. The van der Waals surface area contributed by atoms with Gasteiger partial charge < -0.3 is 15.1 Å². The minimum atomic E-state index is 0.210. The van der Waals surface area contributed by atoms with Crippen molar-refractivity contribution in [2.75, 3.05) is 18.0 Å². The predicted octanol–water partition coefficient (Wildman–Crippen LogP) is 1.75. The number of aromatic amines is 1. The van der Waals surface area contributed by atoms with Crippen molar-refractivity contribution >= 4 is 21.9 Å². The molecule has 3 heterocycles. The highest BCUT2D eigenvalue weighted by Crippen LogP contribution is 2.27. The van der Waals surface area contributed by atoms with Gasteiger partial charge in [-0.1, -0.05) is 0 Å². The van der Waals surface area contributed by atoms with Crippen LogP contribution in [0.1, 0.15) is 12.8 Å². The molecule has 1 aliphatic rings. The van der Waals surface area contributed by atoms with Crippen LogP contribution in [0, 0.1) is 0 Å². The SMILES string of the molecule is NC1CCCN(c2n[nH]c(-c3ccoc3Br)n2)C1. The molecule has 0 radical (unpaired) electrons. The number of nitrogens with two attached hydrogens (primary N) is 1. The van der Waals surface area contributed by atoms with Gasteiger partial charge in [-0.15, -0.1) is 5.10 Å². The summed E-state index contributed by atoms with van der Waals surface area (Å²) in [6, 6.07) is 2.05. The highest BCUT2D eigenvalue weighted by molar-refractivity contribution is 9.10. The minimum Gasteiger partial charge on any atom is -0.457 e. The molecule has 1 atom stereocenters. The van der Waals surface area contributed by atoms with Crippen molar-refractivity contribution < 1.29 is 4.42 Å². The summed E-state index contributed by atoms with van der Waals surface area (Å²) in [7, 11) is 0. The van der Waals surface area contributed by atoms with Gasteiger partial charge >= 0.3 is 0 Å². The number of rotatable bonds is 2. The fourth-order valence-electron chi connectivity index (χ4n) is 2.17. The van der Waals surface area contributed by atoms with Gasteiger partial charge in [0.2, 0.25) is 5.95 Å². The summed E-state index contributed by atoms with van der Waals surface area (Å²) in [6.07, 6.45) is 3.76. The zero-order valence-electron chi connectivity index (χ0n) is 9.77. The van der Waals surface area contributed by atoms with E-state index in [0.29, 0.717) is 16.4 Å². The Kier molecular flexibility index (Phi) is 3.09. The van der Waals surface area contributed by atoms with E-state index in [1.165, 1.54) is 0 Å². The van der Waals surface area contributed by atoms with Gasteiger partial charge in [0.25, 0.3) is 0 Å². The third-order valence-electron chi connectivity index (χ3n) is 3.09. The van der Waals surface area contributed by atoms with E-state index < -0.39 is 0 Å². The molecular formula is C11H14BrN5O. The van der Waals surface area contributed by atoms with Crippen molar-refractivity contribution in [1.29, 1.82) is 0 Å². The summed E-state index contributed by atoms with van der Waals surface area (Å²) in [5.74, 6) is 1.40. The van der Waals surface area contributed by atoms with Gasteiger partial charge in [0.1, 0.15) is 0 Å². The first-order valence-corrected chi connectivity index (χ1v) is 6.69. The Hall–Kier alpha value is -1.34. The van der Waals surface area contributed by atoms with Gasteiger partial charge in [0, 0.05) is 19.1 Å². The summed E-state index contributed by atoms with van der Waals surface area (Å²) >= 11 is 3.33. The van der Waals surface area contributed by atoms with Crippen LogP contribution in [0.4, 0.5) is 5.95 Å². The minimum absolute atomic E-state index is 0.210. The van der Waals surface area contributed by atoms with E-state index in [4.69, 9.17) is 10.2 Å². The van der Waals surface area contributed by atoms with Crippen LogP contribution in [-0.2, 0) is 0 Å². The molecule has 0 bridgehead atoms. The lowest BCUT2D eigenvalue weighted by molar-refractivity contribution is 0.500. The van der Waals surface area contributed by atoms with Crippen LogP contribution >= 0.6 is 15.9 Å². The van der Waals surface area contributed by atoms with Crippen LogP contribution in [0.25, 0.3) is 11.4 Å². The first-order valence-electron chi connectivity index (χ1n) is 5.90. The van der Waals surface area contributed by atoms with E-state index in [1.54, 1.807) is 6.26 Å². The highest BCUT2D eigenvalue weighted by Gasteiger charge is 2.21. The molecule has 1 saturated heterocycles. The molecule has 96 valence electrons. The molecule has 0 saturated carbocycles. The van der Waals surface area contributed by atoms with Gasteiger partial charge in [-0.3, -0.25) is 5.10 Å². The molecular weight excluding hydrogens is 298 g/mol. The number of aromatic nitrogens is 3. The standard InChI is InChI=1S/C11H14BrN5O/c12-9-8(3-5-18-9)10-14-11(16-15-10)17-4-1-2-7(13)6-17/h3,5,7H,1-2,4,6,13H2,(H,14,15,16). The normalized spacial score (nSPS) is 20.3. The average Bonchev–Trinajstić information content (AvgIpc) is 2.97. The molecule has 1 unspecified atom stereocenters. The predicted molar refractivity (Wildman–Crippen MR) is 71.2 cm³/mol. The fourth-order valence-corrected chi connectivity index (χ4v) is 2.60. The molecule has 2 aromatic heterocycles. The van der Waals surface area contributed by atoms with E-state index in [9.17, 15) is 0 Å². The van der Waals surface area contributed by atoms with Crippen molar-refractivity contribution in [3.8, 4) is 11.4 Å². The third kappa shape index (κ3) is 2.15. The number of hydrogen-bond donors (Lipinski definition) is 2. The Morgan fingerprint density at radius 1 is 1.56 bits per heavy atom. The largest absolute Gasteiger partial charge is 0.457 e. The van der Waals surface area contributed by atoms with Crippen LogP contribution in [0.3, 0.4) is 0 Å². The van der Waals surface area contributed by atoms with Crippen molar-refractivity contribution in [2.45, 2.75) is 18.9 Å². The molecule has 7 heteroatoms. The quantitative estimate of drug-likeness (QED) is 0.882. The monoisotopic (exact) mass is 311 g/mol. The molecule has 1 fully saturated rings. The average molecular weight is 312 g/mol. The van der Waals surface area contributed by atoms with Crippen molar-refractivity contribution in [3.05, 3.63) is 17.0 Å². The van der Waals surface area contributed by atoms with E-state index in [2.05, 4.69) is 36.0 Å². The van der Waals surface area contributed by atoms with E-state index >= 15 is 0 Å². The lowest BCUT2D eigenvalue weighted by Gasteiger charge is -2.29. The zero-order valence-corrected chi connectivity index (χ0v) is 11.4. The zero-order chi connectivity index (χ0) is 12.5. The maximum absolute atomic E-state index is 5.96. The summed E-state index contributed by atoms with van der Waals surface area (Å²) in [5, 5.41) is 7.17. The van der Waals surface area contributed by atoms with Gasteiger partial charge in [0.15, 0.2) is 10.5 Å². The summed E-state index contributed by atoms with van der Waals surface area (Å²) in [6.45, 7) is 1.77. The lowest BCUT2D eigenvalue weighted by atomic mass is 10.1. The third-order valence-corrected chi connectivity index (χ3v) is 3.70. The first-order chi connectivity index (χ1) is 8.74. The van der Waals surface area contributed by atoms with Gasteiger partial charge in [-0.05, 0) is 34.8 Å². The second kappa shape index (κ2) is 4.74. The molecule has 2 aromatic rings. The second-order valence-corrected chi connectivity index (χ2v) is 5.16. The van der Waals surface area contributed by atoms with Gasteiger partial charge in [-0.25, -0.2) is 0 Å². The maximum atomic E-state index is 5.96. The molecule has 3 N–H and O–H groups in total. The Balaban J connectivity index is 1.83. The molecule has 0 amide bonds. The number of hydrogen-bond acceptors (Lipinski definition) is 5. The van der Waals surface area contributed by atoms with Crippen LogP contribution in [0.15, 0.2) is 21.4 Å². The topological polar surface area (TPSA) is 84.0 Å². The van der Waals surface area contributed by atoms with Crippen LogP contribution in [0.2, 0.25) is 0 Å². The molecule has 3 rings (SSSR count). The fraction of sp³-hybridized carbons (Fsp3) is 0.455. The van der Waals surface area contributed by atoms with Gasteiger partial charge in [0.05, 0.1) is 11.8 Å². The summed E-state index contributed by atoms with van der Waals surface area (Å²) in [4.78, 5) is 6.60. The highest BCUT2D eigenvalue weighted by atomic mass is 79.9. The number of nitrogens with one attached hydrogen (secondary N) is 1. The van der Waals surface area contributed by atoms with E-state index in [1.807, 2.05) is 6.07 Å². The Morgan fingerprint density at radius 3 is 3.17 bits per heavy atom. The first kappa shape index (κ1) is 11.7. The number of piperidine rings is 1. The van der Waals surface area contributed by atoms with Gasteiger partial charge in [-0.2, -0.15) is 4.98 Å². The number of nitrogens with zero attached hydrogens (tertiary/aromatic N) is 3. The van der Waals surface area contributed by atoms with E-state index in [-0.39, 0.29) is 6.04 Å². The van der Waals surface area contributed by atoms with Crippen LogP contribution in [-0.4, -0.2) is 34.3 Å². The smallest absolute Gasteiger partial charge is 0.245 e. The molecule has 0 aromatic carbocycles. The van der Waals surface area contributed by atoms with E-state index in [0.717, 1.165) is 31.5 Å². The number of furan rings is 1. The molecule has 0 spiro atoms. The Labute approximate surface area is 113 Å². The van der Waals surface area contributed by atoms with Crippen molar-refractivity contribution in [1.82, 2.24) is 15.2 Å². The van der Waals surface area contributed by atoms with Crippen LogP contribution < -0.4 is 10.6 Å². The van der Waals surface area contributed by atoms with Crippen LogP contribution in [0.5, 0.6) is 0 Å². The summed E-state index contributed by atoms with van der Waals surface area (Å²) in [5.41, 5.74) is 6.83. The number of halogens is 1. The Morgan fingerprint density at radius 2 is 2.44 bits per heavy atom. The molecule has 6 nitrogen and oxygen atoms in total. The lowest BCUT2D eigenvalue weighted by Crippen LogP contribution is -2.43. The summed E-state index contributed by atoms with van der Waals surface area (Å²) < 4.78 is 5.84. The number of anilines is 1. The molecule has 1 aliphatic heterocycles. The maximum Gasteiger partial charge on any atom is 0.245 e. The number of H-pyrrole nitrogens is 1. The van der Waals surface area contributed by atoms with Crippen molar-refractivity contribution in [2.24, 2.45) is 5.73 Å².